The van der Waals surface area contributed by atoms with Crippen molar-refractivity contribution in [2.45, 2.75) is 69.2 Å². The Morgan fingerprint density at radius 3 is 2.31 bits per heavy atom. The van der Waals surface area contributed by atoms with Gasteiger partial charge in [0.2, 0.25) is 23.6 Å². The van der Waals surface area contributed by atoms with E-state index in [0.717, 1.165) is 40.3 Å². The van der Waals surface area contributed by atoms with Crippen molar-refractivity contribution in [3.8, 4) is 0 Å². The predicted molar refractivity (Wildman–Crippen MR) is 193 cm³/mol. The number of nitrogens with zero attached hydrogens (tertiary/aromatic N) is 2. The summed E-state index contributed by atoms with van der Waals surface area (Å²) in [7, 11) is 1.57. The van der Waals surface area contributed by atoms with Crippen molar-refractivity contribution < 1.29 is 23.6 Å². The molecular weight excluding hydrogens is 645 g/mol. The summed E-state index contributed by atoms with van der Waals surface area (Å²) in [4.78, 5) is 59.5. The van der Waals surface area contributed by atoms with Crippen molar-refractivity contribution in [3.05, 3.63) is 119 Å². The molecule has 4 unspecified atom stereocenters. The molecule has 3 N–H and O–H groups in total. The summed E-state index contributed by atoms with van der Waals surface area (Å²) < 4.78 is 13.8. The molecule has 1 aliphatic carbocycles. The summed E-state index contributed by atoms with van der Waals surface area (Å²) in [5.74, 6) is -1.25. The molecule has 1 saturated carbocycles. The molecule has 2 aliphatic heterocycles. The van der Waals surface area contributed by atoms with Gasteiger partial charge in [0.25, 0.3) is 0 Å². The third kappa shape index (κ3) is 7.81. The second-order valence-corrected chi connectivity index (χ2v) is 14.1. The van der Waals surface area contributed by atoms with Crippen LogP contribution < -0.4 is 16.0 Å². The van der Waals surface area contributed by atoms with E-state index >= 15 is 0 Å². The molecule has 2 heterocycles. The zero-order valence-corrected chi connectivity index (χ0v) is 28.8. The van der Waals surface area contributed by atoms with Crippen molar-refractivity contribution >= 4 is 34.4 Å². The minimum atomic E-state index is -0.977. The van der Waals surface area contributed by atoms with Crippen LogP contribution in [0.4, 0.5) is 4.39 Å². The van der Waals surface area contributed by atoms with Crippen LogP contribution in [0.15, 0.2) is 91.0 Å². The van der Waals surface area contributed by atoms with E-state index in [0.29, 0.717) is 37.3 Å². The number of fused-ring (bicyclic) bond motifs is 2. The SMILES string of the molecule is CNC(=O)C(Cc1ccc2ccccc2c1)N1CCN(C(=O)C(Cc2ccc(F)cc2)NC(=O)C2Cc3ccccc3CN2)C(CC2CC2)C1=O. The lowest BCUT2D eigenvalue weighted by atomic mass is 9.94. The maximum Gasteiger partial charge on any atom is 0.246 e. The summed E-state index contributed by atoms with van der Waals surface area (Å²) in [6.07, 6.45) is 3.41. The fourth-order valence-corrected chi connectivity index (χ4v) is 7.55. The lowest BCUT2D eigenvalue weighted by Crippen LogP contribution is -2.66. The Morgan fingerprint density at radius 1 is 0.863 bits per heavy atom. The third-order valence-corrected chi connectivity index (χ3v) is 10.6. The fourth-order valence-electron chi connectivity index (χ4n) is 7.55. The molecule has 4 atom stereocenters. The molecule has 1 saturated heterocycles. The summed E-state index contributed by atoms with van der Waals surface area (Å²) in [5.41, 5.74) is 3.85. The van der Waals surface area contributed by atoms with Crippen LogP contribution >= 0.6 is 0 Å². The minimum absolute atomic E-state index is 0.140. The van der Waals surface area contributed by atoms with Gasteiger partial charge in [0.1, 0.15) is 23.9 Å². The van der Waals surface area contributed by atoms with Gasteiger partial charge in [-0.3, -0.25) is 19.2 Å². The Kier molecular flexibility index (Phi) is 10.1. The highest BCUT2D eigenvalue weighted by atomic mass is 19.1. The van der Waals surface area contributed by atoms with E-state index in [1.54, 1.807) is 29.0 Å². The van der Waals surface area contributed by atoms with Crippen LogP contribution in [-0.4, -0.2) is 77.7 Å². The molecule has 4 aromatic rings. The van der Waals surface area contributed by atoms with Crippen molar-refractivity contribution in [3.63, 3.8) is 0 Å². The van der Waals surface area contributed by atoms with Gasteiger partial charge in [-0.1, -0.05) is 91.7 Å². The molecular formula is C41H44FN5O4. The number of nitrogens with one attached hydrogen (secondary N) is 3. The molecule has 51 heavy (non-hydrogen) atoms. The van der Waals surface area contributed by atoms with E-state index in [9.17, 15) is 23.6 Å². The lowest BCUT2D eigenvalue weighted by Gasteiger charge is -2.44. The van der Waals surface area contributed by atoms with Crippen molar-refractivity contribution in [1.29, 1.82) is 0 Å². The van der Waals surface area contributed by atoms with Crippen LogP contribution in [0, 0.1) is 11.7 Å². The summed E-state index contributed by atoms with van der Waals surface area (Å²) >= 11 is 0. The Labute approximate surface area is 297 Å². The molecule has 0 aromatic heterocycles. The maximum atomic E-state index is 14.6. The summed E-state index contributed by atoms with van der Waals surface area (Å²) in [6.45, 7) is 0.935. The number of carbonyl (C=O) groups is 4. The maximum absolute atomic E-state index is 14.6. The van der Waals surface area contributed by atoms with Crippen molar-refractivity contribution in [1.82, 2.24) is 25.8 Å². The first-order chi connectivity index (χ1) is 24.8. The van der Waals surface area contributed by atoms with E-state index in [-0.39, 0.29) is 43.1 Å². The van der Waals surface area contributed by atoms with Crippen molar-refractivity contribution in [2.24, 2.45) is 5.92 Å². The number of hydrogen-bond acceptors (Lipinski definition) is 5. The van der Waals surface area contributed by atoms with Gasteiger partial charge in [0.05, 0.1) is 6.04 Å². The fraction of sp³-hybridized carbons (Fsp3) is 0.366. The topological polar surface area (TPSA) is 111 Å². The molecule has 0 bridgehead atoms. The monoisotopic (exact) mass is 689 g/mol. The first kappa shape index (κ1) is 34.4. The normalized spacial score (nSPS) is 20.0. The van der Waals surface area contributed by atoms with Gasteiger partial charge in [0.15, 0.2) is 0 Å². The van der Waals surface area contributed by atoms with Crippen LogP contribution in [0.3, 0.4) is 0 Å². The van der Waals surface area contributed by atoms with Gasteiger partial charge in [-0.2, -0.15) is 0 Å². The van der Waals surface area contributed by atoms with E-state index in [1.807, 2.05) is 60.7 Å². The molecule has 2 fully saturated rings. The van der Waals surface area contributed by atoms with Crippen LogP contribution in [-0.2, 0) is 45.0 Å². The zero-order valence-electron chi connectivity index (χ0n) is 28.8. The van der Waals surface area contributed by atoms with E-state index in [1.165, 1.54) is 12.1 Å². The number of piperazine rings is 1. The van der Waals surface area contributed by atoms with Gasteiger partial charge in [0, 0.05) is 39.5 Å². The van der Waals surface area contributed by atoms with Gasteiger partial charge >= 0.3 is 0 Å². The molecule has 0 radical (unpaired) electrons. The van der Waals surface area contributed by atoms with Crippen LogP contribution in [0.1, 0.15) is 41.5 Å². The molecule has 0 spiro atoms. The Balaban J connectivity index is 1.13. The molecule has 10 heteroatoms. The second kappa shape index (κ2) is 15.0. The molecule has 4 aromatic carbocycles. The molecule has 3 aliphatic rings. The Hall–Kier alpha value is -5.09. The van der Waals surface area contributed by atoms with Crippen molar-refractivity contribution in [2.75, 3.05) is 20.1 Å². The summed E-state index contributed by atoms with van der Waals surface area (Å²) in [5, 5.41) is 11.2. The van der Waals surface area contributed by atoms with Gasteiger partial charge in [-0.15, -0.1) is 0 Å². The highest BCUT2D eigenvalue weighted by Crippen LogP contribution is 2.36. The summed E-state index contributed by atoms with van der Waals surface area (Å²) in [6, 6.07) is 24.9. The molecule has 264 valence electrons. The number of likely N-dealkylation sites (N-methyl/N-ethyl adjacent to an activating group) is 1. The molecule has 9 nitrogen and oxygen atoms in total. The average molecular weight is 690 g/mol. The highest BCUT2D eigenvalue weighted by Gasteiger charge is 2.45. The van der Waals surface area contributed by atoms with Gasteiger partial charge < -0.3 is 25.8 Å². The first-order valence-corrected chi connectivity index (χ1v) is 17.9. The third-order valence-electron chi connectivity index (χ3n) is 10.6. The predicted octanol–water partition coefficient (Wildman–Crippen LogP) is 3.92. The minimum Gasteiger partial charge on any atom is -0.357 e. The number of rotatable bonds is 11. The molecule has 4 amide bonds. The zero-order chi connectivity index (χ0) is 35.5. The largest absolute Gasteiger partial charge is 0.357 e. The molecule has 7 rings (SSSR count). The Morgan fingerprint density at radius 2 is 1.57 bits per heavy atom. The number of halogens is 1. The smallest absolute Gasteiger partial charge is 0.246 e. The quantitative estimate of drug-likeness (QED) is 0.221. The number of benzene rings is 4. The second-order valence-electron chi connectivity index (χ2n) is 14.1. The average Bonchev–Trinajstić information content (AvgIpc) is 3.99. The lowest BCUT2D eigenvalue weighted by molar-refractivity contribution is -0.157. The number of hydrogen-bond donors (Lipinski definition) is 3. The van der Waals surface area contributed by atoms with Crippen LogP contribution in [0.2, 0.25) is 0 Å². The van der Waals surface area contributed by atoms with Crippen LogP contribution in [0.25, 0.3) is 10.8 Å². The standard InChI is InChI=1S/C41H44FN5O4/c1-43-39(49)36(23-28-12-15-29-6-2-3-7-30(29)20-28)46-18-19-47(37(41(46)51)22-27-10-11-27)40(50)35(21-26-13-16-33(42)17-14-26)45-38(48)34-24-31-8-4-5-9-32(31)25-44-34/h2-9,12-17,20,27,34-37,44H,10-11,18-19,21-25H2,1H3,(H,43,49)(H,45,48). The van der Waals surface area contributed by atoms with Crippen LogP contribution in [0.5, 0.6) is 0 Å². The van der Waals surface area contributed by atoms with Gasteiger partial charge in [-0.25, -0.2) is 4.39 Å². The van der Waals surface area contributed by atoms with E-state index in [4.69, 9.17) is 0 Å². The highest BCUT2D eigenvalue weighted by molar-refractivity contribution is 5.96. The first-order valence-electron chi connectivity index (χ1n) is 17.9. The van der Waals surface area contributed by atoms with Gasteiger partial charge in [-0.05, 0) is 63.9 Å². The Bertz CT molecular complexity index is 1930. The van der Waals surface area contributed by atoms with E-state index < -0.39 is 30.0 Å². The number of carbonyl (C=O) groups excluding carboxylic acids is 4. The van der Waals surface area contributed by atoms with E-state index in [2.05, 4.69) is 22.0 Å². The number of amides is 4.